The number of nitrogens with zero attached hydrogens (tertiary/aromatic N) is 4. The first kappa shape index (κ1) is 21.8. The van der Waals surface area contributed by atoms with Gasteiger partial charge < -0.3 is 13.9 Å². The summed E-state index contributed by atoms with van der Waals surface area (Å²) in [4.78, 5) is 7.24. The summed E-state index contributed by atoms with van der Waals surface area (Å²) < 4.78 is 7.85. The number of nitriles is 1. The standard InChI is InChI=1S/C29H28N4O/c30-20-26-27(23-12-5-3-6-13-23)28(24-14-7-4-8-15-24)33(21-25-16-11-19-34-25)29(26)31-22-32-17-9-1-2-10-18-32/h3-8,11-16,19,22H,1-2,9-10,17-18,21H2. The van der Waals surface area contributed by atoms with Crippen molar-refractivity contribution >= 4 is 12.2 Å². The molecule has 0 unspecified atom stereocenters. The van der Waals surface area contributed by atoms with E-state index in [0.29, 0.717) is 17.9 Å². The van der Waals surface area contributed by atoms with Crippen molar-refractivity contribution in [2.24, 2.45) is 4.99 Å². The van der Waals surface area contributed by atoms with Crippen molar-refractivity contribution in [3.63, 3.8) is 0 Å². The van der Waals surface area contributed by atoms with E-state index in [9.17, 15) is 5.26 Å². The first-order chi connectivity index (χ1) is 16.8. The number of furan rings is 1. The maximum atomic E-state index is 10.4. The minimum atomic E-state index is 0.491. The number of benzene rings is 2. The van der Waals surface area contributed by atoms with Crippen LogP contribution < -0.4 is 0 Å². The first-order valence-electron chi connectivity index (χ1n) is 11.9. The Morgan fingerprint density at radius 2 is 1.53 bits per heavy atom. The predicted molar refractivity (Wildman–Crippen MR) is 136 cm³/mol. The summed E-state index contributed by atoms with van der Waals surface area (Å²) in [6.07, 6.45) is 8.50. The maximum absolute atomic E-state index is 10.4. The van der Waals surface area contributed by atoms with Gasteiger partial charge in [-0.1, -0.05) is 73.5 Å². The lowest BCUT2D eigenvalue weighted by Gasteiger charge is -2.16. The number of hydrogen-bond donors (Lipinski definition) is 0. The number of aliphatic imine (C=N–C) groups is 1. The molecular formula is C29H28N4O. The quantitative estimate of drug-likeness (QED) is 0.239. The third-order valence-corrected chi connectivity index (χ3v) is 6.34. The highest BCUT2D eigenvalue weighted by molar-refractivity contribution is 5.91. The highest BCUT2D eigenvalue weighted by Crippen LogP contribution is 2.43. The Labute approximate surface area is 200 Å². The van der Waals surface area contributed by atoms with E-state index in [1.807, 2.05) is 54.9 Å². The molecule has 0 spiro atoms. The summed E-state index contributed by atoms with van der Waals surface area (Å²) in [5.41, 5.74) is 4.51. The molecule has 170 valence electrons. The van der Waals surface area contributed by atoms with Crippen LogP contribution in [0.3, 0.4) is 0 Å². The van der Waals surface area contributed by atoms with Gasteiger partial charge in [-0.2, -0.15) is 5.26 Å². The van der Waals surface area contributed by atoms with Crippen molar-refractivity contribution in [3.05, 3.63) is 90.4 Å². The van der Waals surface area contributed by atoms with Crippen LogP contribution in [0.25, 0.3) is 22.4 Å². The molecule has 5 rings (SSSR count). The average Bonchev–Trinajstić information content (AvgIpc) is 3.41. The average molecular weight is 449 g/mol. The molecule has 1 aliphatic rings. The van der Waals surface area contributed by atoms with Gasteiger partial charge in [0.2, 0.25) is 0 Å². The maximum Gasteiger partial charge on any atom is 0.153 e. The Balaban J connectivity index is 1.73. The molecular weight excluding hydrogens is 420 g/mol. The molecule has 0 N–H and O–H groups in total. The minimum Gasteiger partial charge on any atom is -0.467 e. The Morgan fingerprint density at radius 1 is 0.853 bits per heavy atom. The van der Waals surface area contributed by atoms with Crippen LogP contribution in [0.5, 0.6) is 0 Å². The fourth-order valence-electron chi connectivity index (χ4n) is 4.69. The Kier molecular flexibility index (Phi) is 6.58. The van der Waals surface area contributed by atoms with Gasteiger partial charge in [0, 0.05) is 18.7 Å². The Hall–Kier alpha value is -4.04. The molecule has 3 heterocycles. The molecule has 0 aliphatic carbocycles. The van der Waals surface area contributed by atoms with Gasteiger partial charge in [0.15, 0.2) is 5.82 Å². The molecule has 5 heteroatoms. The van der Waals surface area contributed by atoms with Crippen molar-refractivity contribution in [2.75, 3.05) is 13.1 Å². The smallest absolute Gasteiger partial charge is 0.153 e. The molecule has 0 bridgehead atoms. The van der Waals surface area contributed by atoms with Crippen molar-refractivity contribution < 1.29 is 4.42 Å². The van der Waals surface area contributed by atoms with Gasteiger partial charge in [0.1, 0.15) is 17.4 Å². The van der Waals surface area contributed by atoms with Crippen LogP contribution in [0.15, 0.2) is 88.5 Å². The Bertz CT molecular complexity index is 1270. The third kappa shape index (κ3) is 4.53. The van der Waals surface area contributed by atoms with E-state index in [1.165, 1.54) is 25.7 Å². The van der Waals surface area contributed by atoms with Gasteiger partial charge in [-0.05, 0) is 36.1 Å². The largest absolute Gasteiger partial charge is 0.467 e. The fourth-order valence-corrected chi connectivity index (χ4v) is 4.69. The summed E-state index contributed by atoms with van der Waals surface area (Å²) in [5, 5.41) is 10.4. The molecule has 1 saturated heterocycles. The second-order valence-corrected chi connectivity index (χ2v) is 8.63. The van der Waals surface area contributed by atoms with Crippen molar-refractivity contribution in [3.8, 4) is 28.5 Å². The van der Waals surface area contributed by atoms with Crippen LogP contribution in [0.4, 0.5) is 5.82 Å². The predicted octanol–water partition coefficient (Wildman–Crippen LogP) is 6.87. The second-order valence-electron chi connectivity index (χ2n) is 8.63. The highest BCUT2D eigenvalue weighted by Gasteiger charge is 2.25. The van der Waals surface area contributed by atoms with E-state index in [4.69, 9.17) is 9.41 Å². The molecule has 0 atom stereocenters. The molecule has 4 aromatic rings. The molecule has 34 heavy (non-hydrogen) atoms. The normalized spacial score (nSPS) is 14.3. The van der Waals surface area contributed by atoms with E-state index in [-0.39, 0.29) is 0 Å². The molecule has 2 aromatic carbocycles. The zero-order valence-corrected chi connectivity index (χ0v) is 19.2. The van der Waals surface area contributed by atoms with Gasteiger partial charge in [-0.25, -0.2) is 4.99 Å². The molecule has 2 aromatic heterocycles. The molecule has 0 amide bonds. The van der Waals surface area contributed by atoms with Crippen LogP contribution in [0.2, 0.25) is 0 Å². The molecule has 1 aliphatic heterocycles. The van der Waals surface area contributed by atoms with Crippen LogP contribution in [0, 0.1) is 11.3 Å². The number of aromatic nitrogens is 1. The summed E-state index contributed by atoms with van der Waals surface area (Å²) >= 11 is 0. The summed E-state index contributed by atoms with van der Waals surface area (Å²) in [6.45, 7) is 2.49. The van der Waals surface area contributed by atoms with E-state index >= 15 is 0 Å². The van der Waals surface area contributed by atoms with E-state index in [1.54, 1.807) is 6.26 Å². The van der Waals surface area contributed by atoms with Gasteiger partial charge in [-0.15, -0.1) is 0 Å². The monoisotopic (exact) mass is 448 g/mol. The topological polar surface area (TPSA) is 57.5 Å². The van der Waals surface area contributed by atoms with Crippen molar-refractivity contribution in [1.82, 2.24) is 9.47 Å². The molecule has 0 radical (unpaired) electrons. The van der Waals surface area contributed by atoms with Crippen LogP contribution in [-0.2, 0) is 6.54 Å². The SMILES string of the molecule is N#Cc1c(-c2ccccc2)c(-c2ccccc2)n(Cc2ccco2)c1N=CN1CCCCCC1. The van der Waals surface area contributed by atoms with Crippen molar-refractivity contribution in [2.45, 2.75) is 32.2 Å². The van der Waals surface area contributed by atoms with Gasteiger partial charge >= 0.3 is 0 Å². The molecule has 1 fully saturated rings. The van der Waals surface area contributed by atoms with Crippen LogP contribution >= 0.6 is 0 Å². The zero-order chi connectivity index (χ0) is 23.2. The lowest BCUT2D eigenvalue weighted by molar-refractivity contribution is 0.447. The van der Waals surface area contributed by atoms with Gasteiger partial charge in [0.25, 0.3) is 0 Å². The number of rotatable bonds is 6. The lowest BCUT2D eigenvalue weighted by atomic mass is 9.98. The lowest BCUT2D eigenvalue weighted by Crippen LogP contribution is -2.22. The molecule has 5 nitrogen and oxygen atoms in total. The number of likely N-dealkylation sites (tertiary alicyclic amines) is 1. The van der Waals surface area contributed by atoms with E-state index < -0.39 is 0 Å². The number of hydrogen-bond acceptors (Lipinski definition) is 3. The van der Waals surface area contributed by atoms with Crippen LogP contribution in [0.1, 0.15) is 37.0 Å². The Morgan fingerprint density at radius 3 is 2.15 bits per heavy atom. The van der Waals surface area contributed by atoms with Gasteiger partial charge in [0.05, 0.1) is 24.8 Å². The molecule has 0 saturated carbocycles. The van der Waals surface area contributed by atoms with Crippen LogP contribution in [-0.4, -0.2) is 28.9 Å². The third-order valence-electron chi connectivity index (χ3n) is 6.34. The minimum absolute atomic E-state index is 0.491. The zero-order valence-electron chi connectivity index (χ0n) is 19.2. The van der Waals surface area contributed by atoms with E-state index in [0.717, 1.165) is 41.2 Å². The fraction of sp³-hybridized carbons (Fsp3) is 0.241. The summed E-state index contributed by atoms with van der Waals surface area (Å²) in [6, 6.07) is 26.7. The first-order valence-corrected chi connectivity index (χ1v) is 11.9. The van der Waals surface area contributed by atoms with Gasteiger partial charge in [-0.3, -0.25) is 0 Å². The van der Waals surface area contributed by atoms with Crippen molar-refractivity contribution in [1.29, 1.82) is 5.26 Å². The summed E-state index contributed by atoms with van der Waals surface area (Å²) in [5.74, 6) is 1.49. The summed E-state index contributed by atoms with van der Waals surface area (Å²) in [7, 11) is 0. The van der Waals surface area contributed by atoms with E-state index in [2.05, 4.69) is 39.8 Å². The second kappa shape index (κ2) is 10.3. The highest BCUT2D eigenvalue weighted by atomic mass is 16.3.